The van der Waals surface area contributed by atoms with Crippen LogP contribution in [0.2, 0.25) is 0 Å². The average Bonchev–Trinajstić information content (AvgIpc) is 3.27. The summed E-state index contributed by atoms with van der Waals surface area (Å²) in [5, 5.41) is 0. The number of anilines is 1. The Morgan fingerprint density at radius 1 is 0.882 bits per heavy atom. The number of hydrogen-bond donors (Lipinski definition) is 0. The van der Waals surface area contributed by atoms with Crippen molar-refractivity contribution in [3.8, 4) is 28.5 Å². The predicted octanol–water partition coefficient (Wildman–Crippen LogP) is 5.37. The number of hydrogen-bond acceptors (Lipinski definition) is 5. The Morgan fingerprint density at radius 2 is 1.65 bits per heavy atom. The molecule has 5 rings (SSSR count). The topological polar surface area (TPSA) is 58.8 Å². The van der Waals surface area contributed by atoms with E-state index in [1.54, 1.807) is 13.3 Å². The molecule has 1 aromatic heterocycles. The quantitative estimate of drug-likeness (QED) is 0.407. The van der Waals surface area contributed by atoms with E-state index in [2.05, 4.69) is 22.0 Å². The molecule has 0 atom stereocenters. The first-order valence-corrected chi connectivity index (χ1v) is 11.5. The molecule has 0 bridgehead atoms. The normalized spacial score (nSPS) is 14.0. The Balaban J connectivity index is 1.34. The van der Waals surface area contributed by atoms with Gasteiger partial charge < -0.3 is 19.0 Å². The van der Waals surface area contributed by atoms with Crippen LogP contribution in [0.3, 0.4) is 0 Å². The summed E-state index contributed by atoms with van der Waals surface area (Å²) < 4.78 is 11.3. The van der Waals surface area contributed by atoms with Crippen molar-refractivity contribution in [1.29, 1.82) is 0 Å². The molecule has 6 nitrogen and oxygen atoms in total. The molecule has 1 amide bonds. The molecule has 0 saturated carbocycles. The van der Waals surface area contributed by atoms with Gasteiger partial charge in [0.25, 0.3) is 5.91 Å². The van der Waals surface area contributed by atoms with E-state index in [4.69, 9.17) is 9.15 Å². The summed E-state index contributed by atoms with van der Waals surface area (Å²) in [6.07, 6.45) is 2.61. The van der Waals surface area contributed by atoms with Crippen molar-refractivity contribution in [2.75, 3.05) is 38.2 Å². The van der Waals surface area contributed by atoms with Crippen molar-refractivity contribution in [2.24, 2.45) is 0 Å². The Labute approximate surface area is 199 Å². The van der Waals surface area contributed by atoms with E-state index in [0.29, 0.717) is 35.9 Å². The van der Waals surface area contributed by atoms with E-state index < -0.39 is 0 Å². The van der Waals surface area contributed by atoms with Crippen LogP contribution in [0.25, 0.3) is 22.8 Å². The fourth-order valence-corrected chi connectivity index (χ4v) is 4.33. The van der Waals surface area contributed by atoms with Gasteiger partial charge >= 0.3 is 0 Å². The van der Waals surface area contributed by atoms with Crippen molar-refractivity contribution < 1.29 is 13.9 Å². The van der Waals surface area contributed by atoms with E-state index in [9.17, 15) is 4.79 Å². The minimum Gasteiger partial charge on any atom is -0.497 e. The van der Waals surface area contributed by atoms with Crippen LogP contribution < -0.4 is 9.64 Å². The third-order valence-corrected chi connectivity index (χ3v) is 6.17. The Kier molecular flexibility index (Phi) is 6.29. The number of carbonyl (C=O) groups is 1. The minimum absolute atomic E-state index is 0.00615. The lowest BCUT2D eigenvalue weighted by molar-refractivity contribution is 0.0767. The highest BCUT2D eigenvalue weighted by molar-refractivity contribution is 6.00. The van der Waals surface area contributed by atoms with Crippen molar-refractivity contribution in [2.45, 2.75) is 6.42 Å². The van der Waals surface area contributed by atoms with Gasteiger partial charge in [-0.25, -0.2) is 4.98 Å². The number of amides is 1. The van der Waals surface area contributed by atoms with E-state index in [-0.39, 0.29) is 5.91 Å². The lowest BCUT2D eigenvalue weighted by Crippen LogP contribution is -2.35. The molecule has 1 fully saturated rings. The molecule has 2 heterocycles. The highest BCUT2D eigenvalue weighted by Crippen LogP contribution is 2.29. The zero-order valence-electron chi connectivity index (χ0n) is 19.2. The van der Waals surface area contributed by atoms with Crippen LogP contribution in [0.1, 0.15) is 16.8 Å². The summed E-state index contributed by atoms with van der Waals surface area (Å²) in [7, 11) is 1.67. The maximum absolute atomic E-state index is 13.6. The van der Waals surface area contributed by atoms with E-state index in [1.165, 1.54) is 0 Å². The number of oxazole rings is 1. The van der Waals surface area contributed by atoms with Gasteiger partial charge in [0.2, 0.25) is 5.89 Å². The first-order valence-electron chi connectivity index (χ1n) is 11.5. The lowest BCUT2D eigenvalue weighted by Gasteiger charge is -2.24. The van der Waals surface area contributed by atoms with Gasteiger partial charge in [0, 0.05) is 43.0 Å². The number of carbonyl (C=O) groups excluding carboxylic acids is 1. The number of rotatable bonds is 5. The van der Waals surface area contributed by atoms with Crippen LogP contribution in [0.4, 0.5) is 5.69 Å². The second-order valence-corrected chi connectivity index (χ2v) is 8.27. The molecule has 1 aliphatic heterocycles. The summed E-state index contributed by atoms with van der Waals surface area (Å²) >= 11 is 0. The second-order valence-electron chi connectivity index (χ2n) is 8.27. The van der Waals surface area contributed by atoms with Crippen molar-refractivity contribution >= 4 is 11.6 Å². The maximum Gasteiger partial charge on any atom is 0.254 e. The predicted molar refractivity (Wildman–Crippen MR) is 133 cm³/mol. The molecule has 0 N–H and O–H groups in total. The van der Waals surface area contributed by atoms with Crippen LogP contribution >= 0.6 is 0 Å². The van der Waals surface area contributed by atoms with Gasteiger partial charge in [0.1, 0.15) is 5.75 Å². The number of aromatic nitrogens is 1. The molecule has 1 saturated heterocycles. The Morgan fingerprint density at radius 3 is 2.44 bits per heavy atom. The summed E-state index contributed by atoms with van der Waals surface area (Å²) in [4.78, 5) is 22.3. The largest absolute Gasteiger partial charge is 0.497 e. The van der Waals surface area contributed by atoms with Crippen molar-refractivity contribution in [3.63, 3.8) is 0 Å². The van der Waals surface area contributed by atoms with Gasteiger partial charge in [-0.15, -0.1) is 0 Å². The first-order chi connectivity index (χ1) is 16.7. The number of methoxy groups -OCH3 is 1. The van der Waals surface area contributed by atoms with Gasteiger partial charge in [0.15, 0.2) is 5.76 Å². The third kappa shape index (κ3) is 4.53. The number of nitrogens with zero attached hydrogens (tertiary/aromatic N) is 3. The highest BCUT2D eigenvalue weighted by atomic mass is 16.5. The van der Waals surface area contributed by atoms with Crippen LogP contribution in [0.5, 0.6) is 5.75 Å². The molecule has 3 aromatic carbocycles. The van der Waals surface area contributed by atoms with E-state index in [0.717, 1.165) is 36.5 Å². The fraction of sp³-hybridized carbons (Fsp3) is 0.214. The molecule has 6 heteroatoms. The summed E-state index contributed by atoms with van der Waals surface area (Å²) in [6.45, 7) is 3.04. The molecular weight excluding hydrogens is 426 g/mol. The fourth-order valence-electron chi connectivity index (χ4n) is 4.33. The standard InChI is InChI=1S/C28H27N3O3/c1-33-23-14-12-22(13-15-23)30-16-7-17-31(19-18-30)28(32)25-11-6-5-10-24(25)27-29-20-26(34-27)21-8-3-2-4-9-21/h2-6,8-15,20H,7,16-19H2,1H3. The summed E-state index contributed by atoms with van der Waals surface area (Å²) in [6, 6.07) is 25.5. The molecule has 0 radical (unpaired) electrons. The zero-order valence-corrected chi connectivity index (χ0v) is 19.2. The molecule has 0 spiro atoms. The van der Waals surface area contributed by atoms with Crippen molar-refractivity contribution in [3.05, 3.63) is 90.6 Å². The average molecular weight is 454 g/mol. The zero-order chi connectivity index (χ0) is 23.3. The second kappa shape index (κ2) is 9.83. The minimum atomic E-state index is 0.00615. The van der Waals surface area contributed by atoms with Gasteiger partial charge in [0.05, 0.1) is 18.9 Å². The Bertz CT molecular complexity index is 1250. The van der Waals surface area contributed by atoms with Gasteiger partial charge in [-0.3, -0.25) is 4.79 Å². The molecule has 172 valence electrons. The first kappa shape index (κ1) is 21.8. The molecule has 0 unspecified atom stereocenters. The van der Waals surface area contributed by atoms with Crippen LogP contribution in [-0.4, -0.2) is 49.1 Å². The SMILES string of the molecule is COc1ccc(N2CCCN(C(=O)c3ccccc3-c3ncc(-c4ccccc4)o3)CC2)cc1. The van der Waals surface area contributed by atoms with E-state index >= 15 is 0 Å². The molecular formula is C28H27N3O3. The molecule has 4 aromatic rings. The van der Waals surface area contributed by atoms with Gasteiger partial charge in [-0.1, -0.05) is 42.5 Å². The lowest BCUT2D eigenvalue weighted by atomic mass is 10.1. The molecule has 34 heavy (non-hydrogen) atoms. The maximum atomic E-state index is 13.6. The van der Waals surface area contributed by atoms with Gasteiger partial charge in [-0.2, -0.15) is 0 Å². The van der Waals surface area contributed by atoms with E-state index in [1.807, 2.05) is 71.6 Å². The summed E-state index contributed by atoms with van der Waals surface area (Å²) in [5.74, 6) is 1.99. The number of benzene rings is 3. The van der Waals surface area contributed by atoms with Crippen LogP contribution in [-0.2, 0) is 0 Å². The molecule has 1 aliphatic rings. The van der Waals surface area contributed by atoms with Crippen LogP contribution in [0.15, 0.2) is 89.5 Å². The van der Waals surface area contributed by atoms with Crippen LogP contribution in [0, 0.1) is 0 Å². The smallest absolute Gasteiger partial charge is 0.254 e. The van der Waals surface area contributed by atoms with Gasteiger partial charge in [-0.05, 0) is 42.8 Å². The van der Waals surface area contributed by atoms with Crippen molar-refractivity contribution in [1.82, 2.24) is 9.88 Å². The highest BCUT2D eigenvalue weighted by Gasteiger charge is 2.24. The monoisotopic (exact) mass is 453 g/mol. The number of ether oxygens (including phenoxy) is 1. The molecule has 0 aliphatic carbocycles. The summed E-state index contributed by atoms with van der Waals surface area (Å²) in [5.41, 5.74) is 3.42. The third-order valence-electron chi connectivity index (χ3n) is 6.17. The Hall–Kier alpha value is -4.06.